The molecule has 0 aliphatic carbocycles. The highest BCUT2D eigenvalue weighted by molar-refractivity contribution is 8.02. The molecule has 3 nitrogen and oxygen atoms in total. The van der Waals surface area contributed by atoms with Crippen LogP contribution in [0.4, 0.5) is 0 Å². The molecule has 1 atom stereocenters. The molecular weight excluding hydrogens is 352 g/mol. The van der Waals surface area contributed by atoms with Gasteiger partial charge in [-0.1, -0.05) is 53.6 Å². The summed E-state index contributed by atoms with van der Waals surface area (Å²) in [5, 5.41) is 13.9. The number of nitrogens with one attached hydrogen (secondary N) is 1. The molecule has 1 aliphatic heterocycles. The molecule has 0 fully saturated rings. The van der Waals surface area contributed by atoms with Crippen LogP contribution in [0.15, 0.2) is 59.1 Å². The smallest absolute Gasteiger partial charge is 0.225 e. The zero-order valence-corrected chi connectivity index (χ0v) is 15.3. The predicted octanol–water partition coefficient (Wildman–Crippen LogP) is 4.92. The molecule has 5 heteroatoms. The van der Waals surface area contributed by atoms with Crippen LogP contribution in [-0.2, 0) is 10.5 Å². The first kappa shape index (κ1) is 17.6. The number of thioether (sulfide) groups is 1. The Balaban J connectivity index is 1.86. The summed E-state index contributed by atoms with van der Waals surface area (Å²) in [5.41, 5.74) is 3.87. The lowest BCUT2D eigenvalue weighted by atomic mass is 9.87. The number of carbonyl (C=O) groups is 1. The number of hydrogen-bond donors (Lipinski definition) is 1. The van der Waals surface area contributed by atoms with Gasteiger partial charge in [-0.15, -0.1) is 11.8 Å². The number of hydrogen-bond acceptors (Lipinski definition) is 3. The maximum atomic E-state index is 12.2. The highest BCUT2D eigenvalue weighted by Gasteiger charge is 2.29. The van der Waals surface area contributed by atoms with Gasteiger partial charge in [0.05, 0.1) is 16.7 Å². The molecule has 1 amide bonds. The molecule has 1 N–H and O–H groups in total. The van der Waals surface area contributed by atoms with Crippen molar-refractivity contribution in [1.29, 1.82) is 5.26 Å². The average molecular weight is 369 g/mol. The number of nitriles is 1. The fraction of sp³-hybridized carbons (Fsp3) is 0.200. The Labute approximate surface area is 156 Å². The van der Waals surface area contributed by atoms with Gasteiger partial charge < -0.3 is 5.32 Å². The van der Waals surface area contributed by atoms with Crippen molar-refractivity contribution in [3.63, 3.8) is 0 Å². The van der Waals surface area contributed by atoms with Gasteiger partial charge in [-0.3, -0.25) is 4.79 Å². The minimum atomic E-state index is -0.188. The summed E-state index contributed by atoms with van der Waals surface area (Å²) >= 11 is 7.38. The fourth-order valence-corrected chi connectivity index (χ4v) is 3.91. The lowest BCUT2D eigenvalue weighted by Gasteiger charge is -2.25. The summed E-state index contributed by atoms with van der Waals surface area (Å²) in [7, 11) is 0. The van der Waals surface area contributed by atoms with E-state index in [0.717, 1.165) is 16.7 Å². The maximum absolute atomic E-state index is 12.2. The van der Waals surface area contributed by atoms with Gasteiger partial charge in [-0.25, -0.2) is 0 Å². The van der Waals surface area contributed by atoms with E-state index in [1.165, 1.54) is 11.8 Å². The van der Waals surface area contributed by atoms with Crippen molar-refractivity contribution in [3.05, 3.63) is 80.8 Å². The molecular formula is C20H17ClN2OS. The van der Waals surface area contributed by atoms with Gasteiger partial charge in [0.2, 0.25) is 5.91 Å². The van der Waals surface area contributed by atoms with Gasteiger partial charge in [-0.2, -0.15) is 5.26 Å². The Bertz CT molecular complexity index is 851. The molecule has 0 unspecified atom stereocenters. The van der Waals surface area contributed by atoms with E-state index in [9.17, 15) is 10.1 Å². The zero-order chi connectivity index (χ0) is 17.8. The largest absolute Gasteiger partial charge is 0.320 e. The van der Waals surface area contributed by atoms with Gasteiger partial charge in [0.25, 0.3) is 0 Å². The lowest BCUT2D eigenvalue weighted by Crippen LogP contribution is -2.30. The molecule has 0 spiro atoms. The quantitative estimate of drug-likeness (QED) is 0.833. The number of benzene rings is 2. The highest BCUT2D eigenvalue weighted by atomic mass is 35.5. The van der Waals surface area contributed by atoms with Crippen LogP contribution in [0.3, 0.4) is 0 Å². The van der Waals surface area contributed by atoms with Crippen molar-refractivity contribution < 1.29 is 4.79 Å². The van der Waals surface area contributed by atoms with Crippen molar-refractivity contribution in [1.82, 2.24) is 5.32 Å². The summed E-state index contributed by atoms with van der Waals surface area (Å²) < 4.78 is 0. The summed E-state index contributed by atoms with van der Waals surface area (Å²) in [6.45, 7) is 2.02. The topological polar surface area (TPSA) is 52.9 Å². The SMILES string of the molecule is Cc1ccc([C@H]2CC(=O)NC(SCc3ccc(Cl)cc3)=C2C#N)cc1. The Hall–Kier alpha value is -2.22. The molecule has 2 aromatic carbocycles. The number of amides is 1. The molecule has 0 radical (unpaired) electrons. The molecule has 0 saturated heterocycles. The number of allylic oxidation sites excluding steroid dienone is 1. The number of nitrogens with zero attached hydrogens (tertiary/aromatic N) is 1. The second-order valence-corrected chi connectivity index (χ2v) is 7.41. The van der Waals surface area contributed by atoms with Crippen molar-refractivity contribution >= 4 is 29.3 Å². The molecule has 0 aromatic heterocycles. The van der Waals surface area contributed by atoms with E-state index in [2.05, 4.69) is 11.4 Å². The van der Waals surface area contributed by atoms with Crippen LogP contribution >= 0.6 is 23.4 Å². The number of rotatable bonds is 4. The number of carbonyl (C=O) groups excluding carboxylic acids is 1. The zero-order valence-electron chi connectivity index (χ0n) is 13.8. The van der Waals surface area contributed by atoms with E-state index in [0.29, 0.717) is 27.8 Å². The van der Waals surface area contributed by atoms with Crippen LogP contribution in [0.1, 0.15) is 29.0 Å². The third kappa shape index (κ3) is 4.25. The van der Waals surface area contributed by atoms with Crippen LogP contribution in [0.25, 0.3) is 0 Å². The summed E-state index contributed by atoms with van der Waals surface area (Å²) in [4.78, 5) is 12.2. The molecule has 0 saturated carbocycles. The molecule has 2 aromatic rings. The standard InChI is InChI=1S/C20H17ClN2OS/c1-13-2-6-15(7-3-13)17-10-19(24)23-20(18(17)11-22)25-12-14-4-8-16(21)9-5-14/h2-9,17H,10,12H2,1H3,(H,23,24)/t17-/m1/s1. The number of halogens is 1. The van der Waals surface area contributed by atoms with Crippen molar-refractivity contribution in [3.8, 4) is 6.07 Å². The molecule has 3 rings (SSSR count). The van der Waals surface area contributed by atoms with Crippen LogP contribution in [0, 0.1) is 18.3 Å². The minimum absolute atomic E-state index is 0.0526. The third-order valence-corrected chi connectivity index (χ3v) is 5.47. The van der Waals surface area contributed by atoms with Crippen LogP contribution < -0.4 is 5.32 Å². The Morgan fingerprint density at radius 3 is 2.52 bits per heavy atom. The minimum Gasteiger partial charge on any atom is -0.320 e. The van der Waals surface area contributed by atoms with Gasteiger partial charge in [-0.05, 0) is 30.2 Å². The predicted molar refractivity (Wildman–Crippen MR) is 102 cm³/mol. The second kappa shape index (κ2) is 7.77. The fourth-order valence-electron chi connectivity index (χ4n) is 2.75. The monoisotopic (exact) mass is 368 g/mol. The normalized spacial score (nSPS) is 17.2. The van der Waals surface area contributed by atoms with Gasteiger partial charge in [0, 0.05) is 23.1 Å². The molecule has 1 heterocycles. The molecule has 25 heavy (non-hydrogen) atoms. The first-order chi connectivity index (χ1) is 12.1. The highest BCUT2D eigenvalue weighted by Crippen LogP contribution is 2.36. The van der Waals surface area contributed by atoms with Crippen molar-refractivity contribution in [2.45, 2.75) is 25.0 Å². The maximum Gasteiger partial charge on any atom is 0.225 e. The number of aryl methyl sites for hydroxylation is 1. The molecule has 0 bridgehead atoms. The van der Waals surface area contributed by atoms with E-state index in [-0.39, 0.29) is 11.8 Å². The van der Waals surface area contributed by atoms with Gasteiger partial charge in [0.1, 0.15) is 0 Å². The van der Waals surface area contributed by atoms with E-state index >= 15 is 0 Å². The van der Waals surface area contributed by atoms with Gasteiger partial charge >= 0.3 is 0 Å². The van der Waals surface area contributed by atoms with E-state index in [4.69, 9.17) is 11.6 Å². The molecule has 1 aliphatic rings. The van der Waals surface area contributed by atoms with Crippen LogP contribution in [0.5, 0.6) is 0 Å². The summed E-state index contributed by atoms with van der Waals surface area (Å²) in [6.07, 6.45) is 0.303. The second-order valence-electron chi connectivity index (χ2n) is 5.99. The Morgan fingerprint density at radius 2 is 1.88 bits per heavy atom. The Kier molecular flexibility index (Phi) is 5.47. The van der Waals surface area contributed by atoms with Gasteiger partial charge in [0.15, 0.2) is 0 Å². The van der Waals surface area contributed by atoms with Crippen LogP contribution in [-0.4, -0.2) is 5.91 Å². The lowest BCUT2D eigenvalue weighted by molar-refractivity contribution is -0.120. The van der Waals surface area contributed by atoms with E-state index < -0.39 is 0 Å². The average Bonchev–Trinajstić information content (AvgIpc) is 2.61. The van der Waals surface area contributed by atoms with Crippen molar-refractivity contribution in [2.24, 2.45) is 0 Å². The summed E-state index contributed by atoms with van der Waals surface area (Å²) in [5.74, 6) is 0.425. The van der Waals surface area contributed by atoms with E-state index in [1.807, 2.05) is 55.5 Å². The molecule has 126 valence electrons. The van der Waals surface area contributed by atoms with E-state index in [1.54, 1.807) is 0 Å². The first-order valence-electron chi connectivity index (χ1n) is 7.94. The summed E-state index contributed by atoms with van der Waals surface area (Å²) in [6, 6.07) is 17.9. The van der Waals surface area contributed by atoms with Crippen molar-refractivity contribution in [2.75, 3.05) is 0 Å². The Morgan fingerprint density at radius 1 is 1.20 bits per heavy atom. The van der Waals surface area contributed by atoms with Crippen LogP contribution in [0.2, 0.25) is 5.02 Å². The first-order valence-corrected chi connectivity index (χ1v) is 9.31. The third-order valence-electron chi connectivity index (χ3n) is 4.13.